The van der Waals surface area contributed by atoms with E-state index in [0.717, 1.165) is 24.0 Å². The molecule has 170 valence electrons. The summed E-state index contributed by atoms with van der Waals surface area (Å²) < 4.78 is 11.7. The number of carbonyl (C=O) groups excluding carboxylic acids is 1. The maximum Gasteiger partial charge on any atom is 0.244 e. The molecule has 0 bridgehead atoms. The van der Waals surface area contributed by atoms with Crippen molar-refractivity contribution in [2.24, 2.45) is 22.4 Å². The number of halogens is 2. The van der Waals surface area contributed by atoms with E-state index in [1.807, 2.05) is 31.2 Å². The Hall–Kier alpha value is -2.24. The van der Waals surface area contributed by atoms with E-state index in [1.165, 1.54) is 12.8 Å². The van der Waals surface area contributed by atoms with Crippen LogP contribution >= 0.6 is 23.2 Å². The predicted octanol–water partition coefficient (Wildman–Crippen LogP) is 6.25. The van der Waals surface area contributed by atoms with Crippen LogP contribution in [-0.2, 0) is 11.4 Å². The zero-order valence-electron chi connectivity index (χ0n) is 18.4. The van der Waals surface area contributed by atoms with Gasteiger partial charge >= 0.3 is 0 Å². The van der Waals surface area contributed by atoms with Crippen LogP contribution in [0.15, 0.2) is 41.5 Å². The van der Waals surface area contributed by atoms with Gasteiger partial charge in [-0.1, -0.05) is 49.0 Å². The van der Waals surface area contributed by atoms with Gasteiger partial charge in [0.05, 0.1) is 12.8 Å². The van der Waals surface area contributed by atoms with Gasteiger partial charge in [0.25, 0.3) is 0 Å². The fraction of sp³-hybridized carbons (Fsp3) is 0.440. The van der Waals surface area contributed by atoms with Gasteiger partial charge in [0.15, 0.2) is 11.5 Å². The Kier molecular flexibility index (Phi) is 6.96. The fourth-order valence-electron chi connectivity index (χ4n) is 4.88. The van der Waals surface area contributed by atoms with Crippen LogP contribution in [0.5, 0.6) is 11.5 Å². The van der Waals surface area contributed by atoms with Gasteiger partial charge in [0.2, 0.25) is 5.91 Å². The van der Waals surface area contributed by atoms with E-state index in [4.69, 9.17) is 32.7 Å². The average molecular weight is 475 g/mol. The van der Waals surface area contributed by atoms with Crippen LogP contribution in [0, 0.1) is 17.3 Å². The first-order valence-corrected chi connectivity index (χ1v) is 11.8. The van der Waals surface area contributed by atoms with Crippen LogP contribution in [0.4, 0.5) is 0 Å². The summed E-state index contributed by atoms with van der Waals surface area (Å²) in [4.78, 5) is 12.6. The molecule has 2 aromatic rings. The van der Waals surface area contributed by atoms with E-state index in [0.29, 0.717) is 40.7 Å². The second kappa shape index (κ2) is 9.72. The molecule has 2 saturated carbocycles. The highest BCUT2D eigenvalue weighted by Gasteiger charge is 2.64. The first-order valence-electron chi connectivity index (χ1n) is 11.1. The smallest absolute Gasteiger partial charge is 0.244 e. The van der Waals surface area contributed by atoms with Crippen LogP contribution in [0.1, 0.15) is 50.7 Å². The molecule has 0 aliphatic heterocycles. The zero-order valence-corrected chi connectivity index (χ0v) is 19.9. The monoisotopic (exact) mass is 474 g/mol. The molecule has 1 N–H and O–H groups in total. The Morgan fingerprint density at radius 1 is 1.19 bits per heavy atom. The average Bonchev–Trinajstić information content (AvgIpc) is 3.40. The lowest BCUT2D eigenvalue weighted by atomic mass is 9.90. The highest BCUT2D eigenvalue weighted by Crippen LogP contribution is 2.66. The number of nitrogens with zero attached hydrogens (tertiary/aromatic N) is 1. The molecule has 0 aromatic heterocycles. The maximum absolute atomic E-state index is 12.6. The molecule has 0 spiro atoms. The normalized spacial score (nSPS) is 24.1. The molecule has 1 amide bonds. The summed E-state index contributed by atoms with van der Waals surface area (Å²) in [5.41, 5.74) is 4.55. The van der Waals surface area contributed by atoms with Crippen LogP contribution in [-0.4, -0.2) is 18.7 Å². The van der Waals surface area contributed by atoms with Crippen molar-refractivity contribution in [1.29, 1.82) is 0 Å². The third-order valence-electron chi connectivity index (χ3n) is 6.67. The molecule has 5 nitrogen and oxygen atoms in total. The Bertz CT molecular complexity index is 1030. The lowest BCUT2D eigenvalue weighted by Gasteiger charge is -2.15. The van der Waals surface area contributed by atoms with Gasteiger partial charge in [-0.05, 0) is 67.0 Å². The van der Waals surface area contributed by atoms with Crippen LogP contribution < -0.4 is 14.9 Å². The summed E-state index contributed by atoms with van der Waals surface area (Å²) in [6.45, 7) is 4.93. The standard InChI is InChI=1S/C25H28Cl2N2O3/c1-3-31-22-12-16(7-10-21(22)32-15-17-8-9-18(26)13-20(17)27)14-28-29-24(30)23-19-6-4-5-11-25(19,23)2/h7-10,12-14,19,23H,3-6,11,15H2,1-2H3,(H,29,30)/b28-14+/t19-,23+,25-/m1/s1. The molecule has 4 rings (SSSR count). The minimum Gasteiger partial charge on any atom is -0.490 e. The Morgan fingerprint density at radius 2 is 2.03 bits per heavy atom. The molecule has 32 heavy (non-hydrogen) atoms. The van der Waals surface area contributed by atoms with Gasteiger partial charge < -0.3 is 9.47 Å². The molecule has 0 radical (unpaired) electrons. The van der Waals surface area contributed by atoms with Gasteiger partial charge in [-0.2, -0.15) is 5.10 Å². The predicted molar refractivity (Wildman–Crippen MR) is 128 cm³/mol. The molecule has 2 aliphatic carbocycles. The zero-order chi connectivity index (χ0) is 22.7. The van der Waals surface area contributed by atoms with Crippen molar-refractivity contribution in [3.05, 3.63) is 57.6 Å². The molecule has 0 unspecified atom stereocenters. The SMILES string of the molecule is CCOc1cc(/C=N/NC(=O)[C@@H]2[C@H]3CCCC[C@]32C)ccc1OCc1ccc(Cl)cc1Cl. The van der Waals surface area contributed by atoms with E-state index < -0.39 is 0 Å². The summed E-state index contributed by atoms with van der Waals surface area (Å²) in [5.74, 6) is 1.85. The number of hydrazone groups is 1. The quantitative estimate of drug-likeness (QED) is 0.363. The molecule has 3 atom stereocenters. The summed E-state index contributed by atoms with van der Waals surface area (Å²) in [6.07, 6.45) is 6.37. The number of hydrogen-bond acceptors (Lipinski definition) is 4. The van der Waals surface area contributed by atoms with E-state index in [2.05, 4.69) is 17.5 Å². The number of amides is 1. The maximum atomic E-state index is 12.6. The van der Waals surface area contributed by atoms with Crippen molar-refractivity contribution in [2.45, 2.75) is 46.1 Å². The lowest BCUT2D eigenvalue weighted by Crippen LogP contribution is -2.22. The van der Waals surface area contributed by atoms with Crippen LogP contribution in [0.2, 0.25) is 10.0 Å². The van der Waals surface area contributed by atoms with Crippen molar-refractivity contribution < 1.29 is 14.3 Å². The summed E-state index contributed by atoms with van der Waals surface area (Å²) in [5, 5.41) is 5.32. The summed E-state index contributed by atoms with van der Waals surface area (Å²) in [6, 6.07) is 10.8. The molecular formula is C25H28Cl2N2O3. The number of nitrogens with one attached hydrogen (secondary N) is 1. The topological polar surface area (TPSA) is 59.9 Å². The second-order valence-corrected chi connectivity index (χ2v) is 9.58. The number of fused-ring (bicyclic) bond motifs is 1. The van der Waals surface area contributed by atoms with E-state index in [9.17, 15) is 4.79 Å². The molecule has 2 fully saturated rings. The highest BCUT2D eigenvalue weighted by molar-refractivity contribution is 6.35. The van der Waals surface area contributed by atoms with Crippen molar-refractivity contribution in [3.8, 4) is 11.5 Å². The molecule has 7 heteroatoms. The fourth-order valence-corrected chi connectivity index (χ4v) is 5.34. The van der Waals surface area contributed by atoms with Gasteiger partial charge in [0.1, 0.15) is 6.61 Å². The minimum atomic E-state index is 0.0282. The summed E-state index contributed by atoms with van der Waals surface area (Å²) >= 11 is 12.2. The van der Waals surface area contributed by atoms with Gasteiger partial charge in [-0.15, -0.1) is 0 Å². The van der Waals surface area contributed by atoms with Crippen molar-refractivity contribution in [2.75, 3.05) is 6.61 Å². The van der Waals surface area contributed by atoms with Crippen LogP contribution in [0.3, 0.4) is 0 Å². The Balaban J connectivity index is 1.38. The van der Waals surface area contributed by atoms with Gasteiger partial charge in [-0.25, -0.2) is 5.43 Å². The number of hydrogen-bond donors (Lipinski definition) is 1. The first-order chi connectivity index (χ1) is 15.4. The number of ether oxygens (including phenoxy) is 2. The molecule has 2 aromatic carbocycles. The summed E-state index contributed by atoms with van der Waals surface area (Å²) in [7, 11) is 0. The lowest BCUT2D eigenvalue weighted by molar-refractivity contribution is -0.123. The van der Waals surface area contributed by atoms with Crippen molar-refractivity contribution in [3.63, 3.8) is 0 Å². The molecule has 2 aliphatic rings. The highest BCUT2D eigenvalue weighted by atomic mass is 35.5. The minimum absolute atomic E-state index is 0.0282. The van der Waals surface area contributed by atoms with E-state index in [1.54, 1.807) is 18.3 Å². The van der Waals surface area contributed by atoms with Gasteiger partial charge in [0, 0.05) is 21.5 Å². The third kappa shape index (κ3) is 4.89. The second-order valence-electron chi connectivity index (χ2n) is 8.73. The molecule has 0 heterocycles. The number of rotatable bonds is 8. The van der Waals surface area contributed by atoms with E-state index in [-0.39, 0.29) is 17.2 Å². The molecular weight excluding hydrogens is 447 g/mol. The first kappa shape index (κ1) is 22.9. The Morgan fingerprint density at radius 3 is 2.75 bits per heavy atom. The van der Waals surface area contributed by atoms with Gasteiger partial charge in [-0.3, -0.25) is 4.79 Å². The van der Waals surface area contributed by atoms with Crippen molar-refractivity contribution in [1.82, 2.24) is 5.43 Å². The van der Waals surface area contributed by atoms with Crippen LogP contribution in [0.25, 0.3) is 0 Å². The Labute approximate surface area is 199 Å². The number of carbonyl (C=O) groups is 1. The number of benzene rings is 2. The molecule has 0 saturated heterocycles. The third-order valence-corrected chi connectivity index (χ3v) is 7.26. The van der Waals surface area contributed by atoms with E-state index >= 15 is 0 Å². The largest absolute Gasteiger partial charge is 0.490 e. The van der Waals surface area contributed by atoms with Crippen molar-refractivity contribution >= 4 is 35.3 Å².